The standard InChI is InChI=1S/C16H18N4O2/c1-22-11-5-6-13-12(9-11)14(18)19-20(13)15(21)16(10-17)7-3-2-4-8-16/h5-6,9H,2-4,7-8H2,1H3,(H2,18,19). The summed E-state index contributed by atoms with van der Waals surface area (Å²) in [5.74, 6) is 0.645. The minimum atomic E-state index is -0.983. The van der Waals surface area contributed by atoms with Gasteiger partial charge in [-0.3, -0.25) is 4.79 Å². The van der Waals surface area contributed by atoms with Gasteiger partial charge in [0.2, 0.25) is 0 Å². The normalized spacial score (nSPS) is 17.1. The van der Waals surface area contributed by atoms with Crippen molar-refractivity contribution in [2.24, 2.45) is 5.41 Å². The number of carbonyl (C=O) groups is 1. The van der Waals surface area contributed by atoms with Gasteiger partial charge in [-0.2, -0.15) is 9.94 Å². The molecular formula is C16H18N4O2. The number of carbonyl (C=O) groups excluding carboxylic acids is 1. The van der Waals surface area contributed by atoms with Gasteiger partial charge >= 0.3 is 0 Å². The highest BCUT2D eigenvalue weighted by molar-refractivity contribution is 5.99. The molecule has 6 nitrogen and oxygen atoms in total. The van der Waals surface area contributed by atoms with Crippen LogP contribution in [0.15, 0.2) is 18.2 Å². The number of methoxy groups -OCH3 is 1. The molecule has 2 N–H and O–H groups in total. The highest BCUT2D eigenvalue weighted by Crippen LogP contribution is 2.38. The van der Waals surface area contributed by atoms with Crippen molar-refractivity contribution < 1.29 is 9.53 Å². The lowest BCUT2D eigenvalue weighted by Gasteiger charge is -2.28. The fourth-order valence-corrected chi connectivity index (χ4v) is 3.13. The van der Waals surface area contributed by atoms with Gasteiger partial charge in [-0.15, -0.1) is 5.10 Å². The zero-order valence-corrected chi connectivity index (χ0v) is 12.5. The summed E-state index contributed by atoms with van der Waals surface area (Å²) in [7, 11) is 1.57. The first-order chi connectivity index (χ1) is 10.6. The number of nitrogen functional groups attached to an aromatic ring is 1. The molecule has 1 saturated carbocycles. The van der Waals surface area contributed by atoms with Gasteiger partial charge in [-0.1, -0.05) is 19.3 Å². The third kappa shape index (κ3) is 2.10. The molecule has 0 bridgehead atoms. The number of anilines is 1. The van der Waals surface area contributed by atoms with Crippen LogP contribution >= 0.6 is 0 Å². The molecule has 0 saturated heterocycles. The van der Waals surface area contributed by atoms with Crippen molar-refractivity contribution in [2.75, 3.05) is 12.8 Å². The molecule has 0 radical (unpaired) electrons. The van der Waals surface area contributed by atoms with Crippen LogP contribution in [0.25, 0.3) is 10.9 Å². The SMILES string of the molecule is COc1ccc2c(c1)c(N)nn2C(=O)C1(C#N)CCCCC1. The van der Waals surface area contributed by atoms with Gasteiger partial charge in [-0.05, 0) is 31.0 Å². The summed E-state index contributed by atoms with van der Waals surface area (Å²) in [5, 5.41) is 14.4. The van der Waals surface area contributed by atoms with E-state index in [1.807, 2.05) is 0 Å². The van der Waals surface area contributed by atoms with Crippen molar-refractivity contribution in [2.45, 2.75) is 32.1 Å². The molecule has 0 spiro atoms. The average molecular weight is 298 g/mol. The van der Waals surface area contributed by atoms with E-state index in [1.54, 1.807) is 25.3 Å². The van der Waals surface area contributed by atoms with E-state index in [4.69, 9.17) is 10.5 Å². The number of nitrogens with two attached hydrogens (primary N) is 1. The second-order valence-corrected chi connectivity index (χ2v) is 5.74. The van der Waals surface area contributed by atoms with Gasteiger partial charge < -0.3 is 10.5 Å². The number of nitriles is 1. The molecule has 0 aliphatic heterocycles. The van der Waals surface area contributed by atoms with Crippen molar-refractivity contribution in [3.05, 3.63) is 18.2 Å². The highest BCUT2D eigenvalue weighted by atomic mass is 16.5. The summed E-state index contributed by atoms with van der Waals surface area (Å²) in [4.78, 5) is 12.9. The van der Waals surface area contributed by atoms with Crippen molar-refractivity contribution in [1.82, 2.24) is 9.78 Å². The van der Waals surface area contributed by atoms with Crippen LogP contribution in [0.5, 0.6) is 5.75 Å². The van der Waals surface area contributed by atoms with Gasteiger partial charge in [0.1, 0.15) is 11.2 Å². The Kier molecular flexibility index (Phi) is 3.49. The van der Waals surface area contributed by atoms with Crippen LogP contribution in [0.1, 0.15) is 36.9 Å². The maximum Gasteiger partial charge on any atom is 0.267 e. The fourth-order valence-electron chi connectivity index (χ4n) is 3.13. The Hall–Kier alpha value is -2.55. The molecule has 1 fully saturated rings. The molecule has 1 aromatic heterocycles. The molecule has 1 aliphatic carbocycles. The van der Waals surface area contributed by atoms with Gasteiger partial charge in [0, 0.05) is 5.39 Å². The van der Waals surface area contributed by atoms with Crippen LogP contribution in [0.3, 0.4) is 0 Å². The molecule has 1 aliphatic rings. The summed E-state index contributed by atoms with van der Waals surface area (Å²) >= 11 is 0. The van der Waals surface area contributed by atoms with Crippen LogP contribution in [0.2, 0.25) is 0 Å². The van der Waals surface area contributed by atoms with Gasteiger partial charge in [0.05, 0.1) is 18.7 Å². The molecule has 6 heteroatoms. The molecule has 0 atom stereocenters. The second kappa shape index (κ2) is 5.34. The topological polar surface area (TPSA) is 93.9 Å². The third-order valence-electron chi connectivity index (χ3n) is 4.44. The van der Waals surface area contributed by atoms with E-state index < -0.39 is 5.41 Å². The van der Waals surface area contributed by atoms with Crippen LogP contribution in [0.4, 0.5) is 5.82 Å². The van der Waals surface area contributed by atoms with Crippen molar-refractivity contribution in [3.8, 4) is 11.8 Å². The van der Waals surface area contributed by atoms with Gasteiger partial charge in [0.25, 0.3) is 5.91 Å². The number of fused-ring (bicyclic) bond motifs is 1. The Morgan fingerprint density at radius 3 is 2.77 bits per heavy atom. The lowest BCUT2D eigenvalue weighted by Crippen LogP contribution is -2.36. The monoisotopic (exact) mass is 298 g/mol. The molecule has 1 heterocycles. The summed E-state index contributed by atoms with van der Waals surface area (Å²) in [6, 6.07) is 7.50. The number of aromatic nitrogens is 2. The predicted molar refractivity (Wildman–Crippen MR) is 82.5 cm³/mol. The van der Waals surface area contributed by atoms with E-state index in [0.29, 0.717) is 29.5 Å². The van der Waals surface area contributed by atoms with Gasteiger partial charge in [0.15, 0.2) is 5.82 Å². The summed E-state index contributed by atoms with van der Waals surface area (Å²) in [5.41, 5.74) is 5.56. The van der Waals surface area contributed by atoms with E-state index in [-0.39, 0.29) is 11.7 Å². The molecule has 0 unspecified atom stereocenters. The van der Waals surface area contributed by atoms with Crippen LogP contribution < -0.4 is 10.5 Å². The number of ether oxygens (including phenoxy) is 1. The maximum atomic E-state index is 12.9. The zero-order chi connectivity index (χ0) is 15.7. The van der Waals surface area contributed by atoms with E-state index in [0.717, 1.165) is 19.3 Å². The Morgan fingerprint density at radius 2 is 2.14 bits per heavy atom. The lowest BCUT2D eigenvalue weighted by atomic mass is 9.74. The Morgan fingerprint density at radius 1 is 1.41 bits per heavy atom. The second-order valence-electron chi connectivity index (χ2n) is 5.74. The summed E-state index contributed by atoms with van der Waals surface area (Å²) in [6.45, 7) is 0. The summed E-state index contributed by atoms with van der Waals surface area (Å²) < 4.78 is 6.46. The number of hydrogen-bond donors (Lipinski definition) is 1. The van der Waals surface area contributed by atoms with E-state index >= 15 is 0 Å². The average Bonchev–Trinajstić information content (AvgIpc) is 2.91. The molecule has 2 aromatic rings. The number of benzene rings is 1. The van der Waals surface area contributed by atoms with Crippen molar-refractivity contribution >= 4 is 22.6 Å². The van der Waals surface area contributed by atoms with Crippen molar-refractivity contribution in [1.29, 1.82) is 5.26 Å². The smallest absolute Gasteiger partial charge is 0.267 e. The molecule has 3 rings (SSSR count). The highest BCUT2D eigenvalue weighted by Gasteiger charge is 2.42. The lowest BCUT2D eigenvalue weighted by molar-refractivity contribution is 0.0705. The predicted octanol–water partition coefficient (Wildman–Crippen LogP) is 2.74. The fraction of sp³-hybridized carbons (Fsp3) is 0.438. The number of nitrogens with zero attached hydrogens (tertiary/aromatic N) is 3. The quantitative estimate of drug-likeness (QED) is 0.920. The van der Waals surface area contributed by atoms with E-state index in [1.165, 1.54) is 4.68 Å². The van der Waals surface area contributed by atoms with E-state index in [9.17, 15) is 10.1 Å². The Balaban J connectivity index is 2.10. The number of rotatable bonds is 2. The van der Waals surface area contributed by atoms with Crippen LogP contribution in [-0.2, 0) is 0 Å². The Labute approximate surface area is 128 Å². The molecular weight excluding hydrogens is 280 g/mol. The van der Waals surface area contributed by atoms with Crippen LogP contribution in [-0.4, -0.2) is 22.8 Å². The Bertz CT molecular complexity index is 766. The largest absolute Gasteiger partial charge is 0.497 e. The molecule has 0 amide bonds. The zero-order valence-electron chi connectivity index (χ0n) is 12.5. The first-order valence-electron chi connectivity index (χ1n) is 7.39. The van der Waals surface area contributed by atoms with Gasteiger partial charge in [-0.25, -0.2) is 0 Å². The molecule has 114 valence electrons. The minimum absolute atomic E-state index is 0.270. The first kappa shape index (κ1) is 14.4. The van der Waals surface area contributed by atoms with Crippen molar-refractivity contribution in [3.63, 3.8) is 0 Å². The molecule has 1 aromatic carbocycles. The summed E-state index contributed by atoms with van der Waals surface area (Å²) in [6.07, 6.45) is 4.01. The first-order valence-corrected chi connectivity index (χ1v) is 7.39. The maximum absolute atomic E-state index is 12.9. The number of hydrogen-bond acceptors (Lipinski definition) is 5. The van der Waals surface area contributed by atoms with Crippen LogP contribution in [0, 0.1) is 16.7 Å². The molecule has 22 heavy (non-hydrogen) atoms. The minimum Gasteiger partial charge on any atom is -0.497 e. The third-order valence-corrected chi connectivity index (χ3v) is 4.44. The van der Waals surface area contributed by atoms with E-state index in [2.05, 4.69) is 11.2 Å².